The monoisotopic (exact) mass is 202 g/mol. The van der Waals surface area contributed by atoms with Gasteiger partial charge in [-0.3, -0.25) is 4.79 Å². The molecule has 0 amide bonds. The minimum absolute atomic E-state index is 0.103. The van der Waals surface area contributed by atoms with E-state index in [2.05, 4.69) is 13.0 Å². The highest BCUT2D eigenvalue weighted by atomic mass is 35.5. The molecule has 1 nitrogen and oxygen atoms in total. The van der Waals surface area contributed by atoms with Gasteiger partial charge in [-0.15, -0.1) is 11.6 Å². The number of ketones is 1. The first kappa shape index (κ1) is 12.7. The number of carbonyl (C=O) groups is 1. The van der Waals surface area contributed by atoms with Gasteiger partial charge in [-0.1, -0.05) is 38.3 Å². The van der Waals surface area contributed by atoms with Crippen molar-refractivity contribution in [1.29, 1.82) is 0 Å². The molecule has 0 heterocycles. The first-order valence-electron chi connectivity index (χ1n) is 5.04. The zero-order chi connectivity index (χ0) is 9.94. The Labute approximate surface area is 86.2 Å². The van der Waals surface area contributed by atoms with Crippen LogP contribution >= 0.6 is 11.6 Å². The number of carbonyl (C=O) groups excluding carboxylic acids is 1. The van der Waals surface area contributed by atoms with Gasteiger partial charge in [0.05, 0.1) is 5.88 Å². The second-order valence-electron chi connectivity index (χ2n) is 3.20. The van der Waals surface area contributed by atoms with Crippen LogP contribution in [0.3, 0.4) is 0 Å². The first-order valence-corrected chi connectivity index (χ1v) is 5.57. The molecule has 0 N–H and O–H groups in total. The van der Waals surface area contributed by atoms with Gasteiger partial charge in [0.25, 0.3) is 0 Å². The van der Waals surface area contributed by atoms with Crippen molar-refractivity contribution in [3.05, 3.63) is 12.2 Å². The van der Waals surface area contributed by atoms with Gasteiger partial charge in [0.2, 0.25) is 0 Å². The van der Waals surface area contributed by atoms with Crippen LogP contribution in [0.25, 0.3) is 0 Å². The maximum absolute atomic E-state index is 10.8. The molecule has 2 heteroatoms. The van der Waals surface area contributed by atoms with Crippen molar-refractivity contribution in [3.8, 4) is 0 Å². The molecule has 0 saturated carbocycles. The molecule has 0 aliphatic rings. The number of halogens is 1. The number of hydrogen-bond donors (Lipinski definition) is 0. The number of unbranched alkanes of at least 4 members (excludes halogenated alkanes) is 4. The molecule has 0 aliphatic heterocycles. The molecule has 0 aromatic rings. The van der Waals surface area contributed by atoms with Crippen LogP contribution in [0.4, 0.5) is 0 Å². The van der Waals surface area contributed by atoms with Crippen LogP contribution < -0.4 is 0 Å². The van der Waals surface area contributed by atoms with E-state index in [0.717, 1.165) is 6.42 Å². The van der Waals surface area contributed by atoms with E-state index < -0.39 is 0 Å². The van der Waals surface area contributed by atoms with Gasteiger partial charge >= 0.3 is 0 Å². The maximum atomic E-state index is 10.8. The lowest BCUT2D eigenvalue weighted by atomic mass is 10.1. The molecular weight excluding hydrogens is 184 g/mol. The Morgan fingerprint density at radius 3 is 2.62 bits per heavy atom. The quantitative estimate of drug-likeness (QED) is 0.333. The summed E-state index contributed by atoms with van der Waals surface area (Å²) >= 11 is 5.35. The minimum atomic E-state index is 0.103. The number of allylic oxidation sites excluding steroid dienone is 2. The maximum Gasteiger partial charge on any atom is 0.151 e. The molecule has 0 atom stereocenters. The largest absolute Gasteiger partial charge is 0.298 e. The molecule has 0 bridgehead atoms. The fraction of sp³-hybridized carbons (Fsp3) is 0.727. The van der Waals surface area contributed by atoms with E-state index in [-0.39, 0.29) is 11.7 Å². The number of rotatable bonds is 8. The summed E-state index contributed by atoms with van der Waals surface area (Å²) in [7, 11) is 0. The predicted octanol–water partition coefficient (Wildman–Crippen LogP) is 3.71. The summed E-state index contributed by atoms with van der Waals surface area (Å²) < 4.78 is 0. The summed E-state index contributed by atoms with van der Waals surface area (Å²) in [5.41, 5.74) is 0. The number of Topliss-reactive ketones (excluding diaryl/α,β-unsaturated/α-hetero) is 1. The fourth-order valence-corrected chi connectivity index (χ4v) is 1.19. The molecule has 0 saturated heterocycles. The van der Waals surface area contributed by atoms with Crippen LogP contribution in [-0.2, 0) is 4.79 Å². The minimum Gasteiger partial charge on any atom is -0.298 e. The summed E-state index contributed by atoms with van der Waals surface area (Å²) in [6.07, 6.45) is 10.7. The molecule has 0 unspecified atom stereocenters. The van der Waals surface area contributed by atoms with E-state index in [1.807, 2.05) is 6.08 Å². The number of alkyl halides is 1. The third-order valence-electron chi connectivity index (χ3n) is 1.89. The molecule has 0 radical (unpaired) electrons. The van der Waals surface area contributed by atoms with Crippen molar-refractivity contribution >= 4 is 17.4 Å². The van der Waals surface area contributed by atoms with Crippen molar-refractivity contribution in [2.45, 2.75) is 45.4 Å². The third-order valence-corrected chi connectivity index (χ3v) is 2.18. The second-order valence-corrected chi connectivity index (χ2v) is 3.46. The highest BCUT2D eigenvalue weighted by Crippen LogP contribution is 2.03. The number of hydrogen-bond acceptors (Lipinski definition) is 1. The molecule has 0 rings (SSSR count). The first-order chi connectivity index (χ1) is 6.31. The highest BCUT2D eigenvalue weighted by Gasteiger charge is 1.93. The molecule has 0 spiro atoms. The lowest BCUT2D eigenvalue weighted by Gasteiger charge is -1.93. The topological polar surface area (TPSA) is 17.1 Å². The molecule has 0 aromatic carbocycles. The van der Waals surface area contributed by atoms with Crippen LogP contribution in [0.15, 0.2) is 12.2 Å². The average molecular weight is 203 g/mol. The van der Waals surface area contributed by atoms with E-state index in [1.165, 1.54) is 25.7 Å². The summed E-state index contributed by atoms with van der Waals surface area (Å²) in [4.78, 5) is 10.8. The third kappa shape index (κ3) is 9.62. The van der Waals surface area contributed by atoms with Gasteiger partial charge in [0.15, 0.2) is 5.78 Å². The normalized spacial score (nSPS) is 10.9. The van der Waals surface area contributed by atoms with Crippen LogP contribution in [0.5, 0.6) is 0 Å². The van der Waals surface area contributed by atoms with E-state index in [9.17, 15) is 4.79 Å². The van der Waals surface area contributed by atoms with Crippen LogP contribution in [0.2, 0.25) is 0 Å². The average Bonchev–Trinajstić information content (AvgIpc) is 2.16. The Hall–Kier alpha value is -0.300. The van der Waals surface area contributed by atoms with Crippen molar-refractivity contribution in [2.24, 2.45) is 0 Å². The van der Waals surface area contributed by atoms with Crippen molar-refractivity contribution in [2.75, 3.05) is 5.88 Å². The second kappa shape index (κ2) is 9.79. The molecular formula is C11H19ClO. The zero-order valence-corrected chi connectivity index (χ0v) is 9.15. The Morgan fingerprint density at radius 1 is 1.23 bits per heavy atom. The zero-order valence-electron chi connectivity index (χ0n) is 8.39. The molecule has 13 heavy (non-hydrogen) atoms. The van der Waals surface area contributed by atoms with Crippen molar-refractivity contribution in [1.82, 2.24) is 0 Å². The van der Waals surface area contributed by atoms with E-state index >= 15 is 0 Å². The van der Waals surface area contributed by atoms with Crippen LogP contribution in [0, 0.1) is 0 Å². The van der Waals surface area contributed by atoms with Crippen molar-refractivity contribution < 1.29 is 4.79 Å². The fourth-order valence-electron chi connectivity index (χ4n) is 1.08. The summed E-state index contributed by atoms with van der Waals surface area (Å²) in [5, 5.41) is 0. The summed E-state index contributed by atoms with van der Waals surface area (Å²) in [6, 6.07) is 0. The summed E-state index contributed by atoms with van der Waals surface area (Å²) in [5.74, 6) is 0.242. The predicted molar refractivity (Wildman–Crippen MR) is 58.2 cm³/mol. The van der Waals surface area contributed by atoms with Crippen LogP contribution in [0.1, 0.15) is 45.4 Å². The van der Waals surface area contributed by atoms with Gasteiger partial charge in [0, 0.05) is 6.42 Å². The molecule has 0 fully saturated rings. The molecule has 76 valence electrons. The van der Waals surface area contributed by atoms with Gasteiger partial charge in [-0.25, -0.2) is 0 Å². The standard InChI is InChI=1S/C11H19ClO/c1-2-3-4-5-6-7-8-9-11(13)10-12/h7-8H,2-6,9-10H2,1H3/b8-7+. The van der Waals surface area contributed by atoms with Gasteiger partial charge in [-0.05, 0) is 12.8 Å². The van der Waals surface area contributed by atoms with Gasteiger partial charge < -0.3 is 0 Å². The van der Waals surface area contributed by atoms with E-state index in [0.29, 0.717) is 6.42 Å². The SMILES string of the molecule is CCCCCC/C=C/CC(=O)CCl. The molecule has 0 aromatic heterocycles. The van der Waals surface area contributed by atoms with Gasteiger partial charge in [0.1, 0.15) is 0 Å². The van der Waals surface area contributed by atoms with E-state index in [4.69, 9.17) is 11.6 Å². The Bertz CT molecular complexity index is 152. The van der Waals surface area contributed by atoms with E-state index in [1.54, 1.807) is 0 Å². The smallest absolute Gasteiger partial charge is 0.151 e. The Kier molecular flexibility index (Phi) is 9.56. The van der Waals surface area contributed by atoms with Crippen molar-refractivity contribution in [3.63, 3.8) is 0 Å². The van der Waals surface area contributed by atoms with Crippen LogP contribution in [-0.4, -0.2) is 11.7 Å². The molecule has 0 aliphatic carbocycles. The highest BCUT2D eigenvalue weighted by molar-refractivity contribution is 6.27. The Morgan fingerprint density at radius 2 is 2.00 bits per heavy atom. The summed E-state index contributed by atoms with van der Waals surface area (Å²) in [6.45, 7) is 2.20. The van der Waals surface area contributed by atoms with Gasteiger partial charge in [-0.2, -0.15) is 0 Å². The lowest BCUT2D eigenvalue weighted by Crippen LogP contribution is -1.95. The lowest BCUT2D eigenvalue weighted by molar-refractivity contribution is -0.115. The Balaban J connectivity index is 3.17.